The van der Waals surface area contributed by atoms with Crippen LogP contribution in [0.5, 0.6) is 0 Å². The van der Waals surface area contributed by atoms with Crippen LogP contribution in [-0.4, -0.2) is 21.0 Å². The van der Waals surface area contributed by atoms with E-state index in [1.54, 1.807) is 0 Å². The first kappa shape index (κ1) is 12.2. The second kappa shape index (κ2) is 5.04. The van der Waals surface area contributed by atoms with Gasteiger partial charge >= 0.3 is 0 Å². The number of aromatic nitrogens is 2. The van der Waals surface area contributed by atoms with Gasteiger partial charge in [0.2, 0.25) is 0 Å². The first-order chi connectivity index (χ1) is 8.72. The summed E-state index contributed by atoms with van der Waals surface area (Å²) in [6, 6.07) is 2.05. The van der Waals surface area contributed by atoms with Crippen molar-refractivity contribution < 1.29 is 5.11 Å². The van der Waals surface area contributed by atoms with E-state index < -0.39 is 0 Å². The molecule has 2 bridgehead atoms. The van der Waals surface area contributed by atoms with Gasteiger partial charge in [-0.05, 0) is 62.3 Å². The Morgan fingerprint density at radius 2 is 2.33 bits per heavy atom. The molecule has 0 saturated heterocycles. The number of aryl methyl sites for hydroxylation is 2. The van der Waals surface area contributed by atoms with Crippen LogP contribution in [0.1, 0.15) is 44.2 Å². The third kappa shape index (κ3) is 2.46. The zero-order chi connectivity index (χ0) is 12.5. The highest BCUT2D eigenvalue weighted by Gasteiger charge is 2.39. The Morgan fingerprint density at radius 3 is 2.94 bits per heavy atom. The largest absolute Gasteiger partial charge is 0.393 e. The van der Waals surface area contributed by atoms with Gasteiger partial charge in [-0.1, -0.05) is 6.42 Å². The molecule has 3 rings (SSSR count). The van der Waals surface area contributed by atoms with E-state index in [2.05, 4.69) is 5.10 Å². The predicted molar refractivity (Wildman–Crippen MR) is 71.1 cm³/mol. The molecule has 1 aromatic heterocycles. The van der Waals surface area contributed by atoms with Gasteiger partial charge in [-0.2, -0.15) is 5.10 Å². The Labute approximate surface area is 109 Å². The molecule has 2 aliphatic rings. The van der Waals surface area contributed by atoms with Crippen molar-refractivity contribution in [3.63, 3.8) is 0 Å². The van der Waals surface area contributed by atoms with Crippen molar-refractivity contribution in [3.05, 3.63) is 18.0 Å². The molecular formula is C15H24N2O. The fourth-order valence-corrected chi connectivity index (χ4v) is 4.09. The third-order valence-corrected chi connectivity index (χ3v) is 5.12. The fraction of sp³-hybridized carbons (Fsp3) is 0.800. The lowest BCUT2D eigenvalue weighted by atomic mass is 9.84. The molecule has 3 nitrogen and oxygen atoms in total. The molecule has 4 unspecified atom stereocenters. The predicted octanol–water partition coefficient (Wildman–Crippen LogP) is 2.54. The highest BCUT2D eigenvalue weighted by molar-refractivity contribution is 5.00. The van der Waals surface area contributed by atoms with Crippen molar-refractivity contribution in [1.82, 2.24) is 9.78 Å². The summed E-state index contributed by atoms with van der Waals surface area (Å²) in [6.45, 7) is 0. The maximum absolute atomic E-state index is 10.2. The van der Waals surface area contributed by atoms with Gasteiger partial charge < -0.3 is 5.11 Å². The highest BCUT2D eigenvalue weighted by atomic mass is 16.3. The molecule has 1 N–H and O–H groups in total. The van der Waals surface area contributed by atoms with Crippen LogP contribution in [0, 0.1) is 17.8 Å². The van der Waals surface area contributed by atoms with Crippen molar-refractivity contribution in [2.75, 3.05) is 0 Å². The number of hydrogen-bond donors (Lipinski definition) is 1. The van der Waals surface area contributed by atoms with E-state index >= 15 is 0 Å². The van der Waals surface area contributed by atoms with E-state index in [4.69, 9.17) is 0 Å². The van der Waals surface area contributed by atoms with Gasteiger partial charge in [0.05, 0.1) is 6.10 Å². The minimum atomic E-state index is -0.121. The molecule has 2 aliphatic carbocycles. The Kier molecular flexibility index (Phi) is 3.42. The van der Waals surface area contributed by atoms with Gasteiger partial charge in [-0.25, -0.2) is 0 Å². The lowest BCUT2D eigenvalue weighted by Gasteiger charge is -2.24. The molecule has 0 radical (unpaired) electrons. The van der Waals surface area contributed by atoms with Gasteiger partial charge in [0.15, 0.2) is 0 Å². The lowest BCUT2D eigenvalue weighted by molar-refractivity contribution is 0.116. The minimum Gasteiger partial charge on any atom is -0.393 e. The summed E-state index contributed by atoms with van der Waals surface area (Å²) >= 11 is 0. The quantitative estimate of drug-likeness (QED) is 0.869. The SMILES string of the molecule is Cn1nccc1CCC(O)CC1CC2CCC1C2. The second-order valence-electron chi connectivity index (χ2n) is 6.31. The smallest absolute Gasteiger partial charge is 0.0546 e. The normalized spacial score (nSPS) is 32.0. The van der Waals surface area contributed by atoms with Crippen LogP contribution in [0.25, 0.3) is 0 Å². The molecule has 4 atom stereocenters. The van der Waals surface area contributed by atoms with E-state index in [9.17, 15) is 5.11 Å². The van der Waals surface area contributed by atoms with Crippen LogP contribution in [0.3, 0.4) is 0 Å². The molecule has 0 aliphatic heterocycles. The van der Waals surface area contributed by atoms with Crippen LogP contribution in [0.4, 0.5) is 0 Å². The number of rotatable bonds is 5. The van der Waals surface area contributed by atoms with Crippen LogP contribution >= 0.6 is 0 Å². The van der Waals surface area contributed by atoms with Crippen LogP contribution in [0.2, 0.25) is 0 Å². The first-order valence-electron chi connectivity index (χ1n) is 7.37. The average molecular weight is 248 g/mol. The Morgan fingerprint density at radius 1 is 1.44 bits per heavy atom. The summed E-state index contributed by atoms with van der Waals surface area (Å²) in [5.41, 5.74) is 1.22. The van der Waals surface area contributed by atoms with Gasteiger partial charge in [0.25, 0.3) is 0 Å². The second-order valence-corrected chi connectivity index (χ2v) is 6.31. The number of hydrogen-bond acceptors (Lipinski definition) is 2. The molecule has 0 aromatic carbocycles. The summed E-state index contributed by atoms with van der Waals surface area (Å²) in [4.78, 5) is 0. The van der Waals surface area contributed by atoms with E-state index in [0.717, 1.165) is 37.0 Å². The van der Waals surface area contributed by atoms with E-state index in [1.165, 1.54) is 31.4 Å². The Bertz CT molecular complexity index is 401. The number of fused-ring (bicyclic) bond motifs is 2. The monoisotopic (exact) mass is 248 g/mol. The van der Waals surface area contributed by atoms with E-state index in [0.29, 0.717) is 0 Å². The zero-order valence-corrected chi connectivity index (χ0v) is 11.3. The molecule has 2 fully saturated rings. The number of nitrogens with zero attached hydrogens (tertiary/aromatic N) is 2. The lowest BCUT2D eigenvalue weighted by Crippen LogP contribution is -2.19. The van der Waals surface area contributed by atoms with E-state index in [1.807, 2.05) is 24.0 Å². The topological polar surface area (TPSA) is 38.0 Å². The van der Waals surface area contributed by atoms with Gasteiger partial charge in [0, 0.05) is 18.9 Å². The first-order valence-corrected chi connectivity index (χ1v) is 7.37. The van der Waals surface area contributed by atoms with Gasteiger partial charge in [-0.15, -0.1) is 0 Å². The van der Waals surface area contributed by atoms with E-state index in [-0.39, 0.29) is 6.10 Å². The maximum atomic E-state index is 10.2. The standard InChI is InChI=1S/C15H24N2O/c1-17-14(6-7-16-17)4-5-15(18)10-13-9-11-2-3-12(13)8-11/h6-7,11-13,15,18H,2-5,8-10H2,1H3. The fourth-order valence-electron chi connectivity index (χ4n) is 4.09. The van der Waals surface area contributed by atoms with Gasteiger partial charge in [-0.3, -0.25) is 4.68 Å². The minimum absolute atomic E-state index is 0.121. The Balaban J connectivity index is 1.45. The molecule has 0 spiro atoms. The summed E-state index contributed by atoms with van der Waals surface area (Å²) < 4.78 is 1.91. The number of aliphatic hydroxyl groups excluding tert-OH is 1. The van der Waals surface area contributed by atoms with Crippen molar-refractivity contribution in [2.45, 2.75) is 51.0 Å². The third-order valence-electron chi connectivity index (χ3n) is 5.12. The van der Waals surface area contributed by atoms with Crippen LogP contribution in [0.15, 0.2) is 12.3 Å². The molecule has 1 heterocycles. The van der Waals surface area contributed by atoms with Crippen molar-refractivity contribution in [3.8, 4) is 0 Å². The molecule has 100 valence electrons. The molecule has 2 saturated carbocycles. The number of aliphatic hydroxyl groups is 1. The van der Waals surface area contributed by atoms with Crippen molar-refractivity contribution >= 4 is 0 Å². The summed E-state index contributed by atoms with van der Waals surface area (Å²) in [5.74, 6) is 2.73. The summed E-state index contributed by atoms with van der Waals surface area (Å²) in [7, 11) is 1.97. The molecule has 0 amide bonds. The van der Waals surface area contributed by atoms with Crippen molar-refractivity contribution in [1.29, 1.82) is 0 Å². The average Bonchev–Trinajstić information content (AvgIpc) is 3.03. The molecule has 18 heavy (non-hydrogen) atoms. The Hall–Kier alpha value is -0.830. The molecule has 1 aromatic rings. The molecule has 3 heteroatoms. The maximum Gasteiger partial charge on any atom is 0.0546 e. The summed E-state index contributed by atoms with van der Waals surface area (Å²) in [6.07, 6.45) is 10.3. The van der Waals surface area contributed by atoms with Gasteiger partial charge in [0.1, 0.15) is 0 Å². The highest BCUT2D eigenvalue weighted by Crippen LogP contribution is 2.50. The van der Waals surface area contributed by atoms with Crippen LogP contribution in [-0.2, 0) is 13.5 Å². The molecular weight excluding hydrogens is 224 g/mol. The summed E-state index contributed by atoms with van der Waals surface area (Å²) in [5, 5.41) is 14.4. The van der Waals surface area contributed by atoms with Crippen molar-refractivity contribution in [2.24, 2.45) is 24.8 Å². The van der Waals surface area contributed by atoms with Crippen LogP contribution < -0.4 is 0 Å². The zero-order valence-electron chi connectivity index (χ0n) is 11.3.